The first-order valence-corrected chi connectivity index (χ1v) is 13.2. The lowest BCUT2D eigenvalue weighted by Gasteiger charge is -2.38. The largest absolute Gasteiger partial charge is 0.457 e. The third-order valence-corrected chi connectivity index (χ3v) is 6.87. The fourth-order valence-electron chi connectivity index (χ4n) is 4.86. The molecule has 4 N–H and O–H groups in total. The molecule has 0 fully saturated rings. The van der Waals surface area contributed by atoms with Gasteiger partial charge in [0.2, 0.25) is 11.8 Å². The predicted molar refractivity (Wildman–Crippen MR) is 161 cm³/mol. The highest BCUT2D eigenvalue weighted by atomic mass is 35.5. The number of hydrogen-bond donors (Lipinski definition) is 2. The molecule has 0 spiro atoms. The number of rotatable bonds is 12. The van der Waals surface area contributed by atoms with Crippen molar-refractivity contribution in [3.05, 3.63) is 132 Å². The molecule has 0 saturated heterocycles. The van der Waals surface area contributed by atoms with Gasteiger partial charge in [0.25, 0.3) is 0 Å². The molecule has 2 atom stereocenters. The summed E-state index contributed by atoms with van der Waals surface area (Å²) in [5, 5.41) is 0. The van der Waals surface area contributed by atoms with Crippen LogP contribution in [0, 0.1) is 0 Å². The van der Waals surface area contributed by atoms with Crippen molar-refractivity contribution in [2.45, 2.75) is 37.8 Å². The molecular formula is C33H36ClN3O3. The SMILES string of the molecule is C[C@H](c1ccc(Oc2ccccc2)cc1)N(C(=O)C(c1ccccc1)c1ccccc1)[C@H](CCCN)C(N)=O.Cl. The smallest absolute Gasteiger partial charge is 0.240 e. The molecule has 6 nitrogen and oxygen atoms in total. The number of nitrogens with two attached hydrogens (primary N) is 2. The van der Waals surface area contributed by atoms with Gasteiger partial charge in [0.1, 0.15) is 17.5 Å². The maximum atomic E-state index is 14.5. The number of carbonyl (C=O) groups excluding carboxylic acids is 2. The van der Waals surface area contributed by atoms with E-state index in [-0.39, 0.29) is 18.3 Å². The van der Waals surface area contributed by atoms with E-state index in [1.165, 1.54) is 0 Å². The lowest BCUT2D eigenvalue weighted by Crippen LogP contribution is -2.50. The van der Waals surface area contributed by atoms with Crippen LogP contribution in [0.15, 0.2) is 115 Å². The van der Waals surface area contributed by atoms with Crippen LogP contribution in [0.4, 0.5) is 0 Å². The van der Waals surface area contributed by atoms with Gasteiger partial charge in [-0.25, -0.2) is 0 Å². The lowest BCUT2D eigenvalue weighted by atomic mass is 9.88. The molecule has 0 aliphatic rings. The number of nitrogens with zero attached hydrogens (tertiary/aromatic N) is 1. The predicted octanol–water partition coefficient (Wildman–Crippen LogP) is 6.22. The third-order valence-electron chi connectivity index (χ3n) is 6.87. The number of halogens is 1. The molecule has 7 heteroatoms. The van der Waals surface area contributed by atoms with E-state index in [1.807, 2.05) is 122 Å². The second-order valence-corrected chi connectivity index (χ2v) is 9.51. The first-order valence-electron chi connectivity index (χ1n) is 13.2. The lowest BCUT2D eigenvalue weighted by molar-refractivity contribution is -0.142. The molecule has 0 radical (unpaired) electrons. The van der Waals surface area contributed by atoms with Gasteiger partial charge in [-0.1, -0.05) is 91.0 Å². The first-order chi connectivity index (χ1) is 19.0. The average molecular weight is 558 g/mol. The van der Waals surface area contributed by atoms with Crippen LogP contribution >= 0.6 is 12.4 Å². The van der Waals surface area contributed by atoms with Gasteiger partial charge in [-0.3, -0.25) is 9.59 Å². The van der Waals surface area contributed by atoms with Crippen LogP contribution in [0.5, 0.6) is 11.5 Å². The second kappa shape index (κ2) is 14.9. The Morgan fingerprint density at radius 2 is 1.20 bits per heavy atom. The Morgan fingerprint density at radius 1 is 0.725 bits per heavy atom. The molecule has 40 heavy (non-hydrogen) atoms. The highest BCUT2D eigenvalue weighted by molar-refractivity contribution is 5.92. The zero-order chi connectivity index (χ0) is 27.6. The summed E-state index contributed by atoms with van der Waals surface area (Å²) in [5.41, 5.74) is 14.3. The van der Waals surface area contributed by atoms with E-state index < -0.39 is 23.9 Å². The number of para-hydroxylation sites is 1. The van der Waals surface area contributed by atoms with Crippen LogP contribution in [0.25, 0.3) is 0 Å². The molecule has 0 aliphatic carbocycles. The molecule has 4 rings (SSSR count). The molecular weight excluding hydrogens is 522 g/mol. The number of benzene rings is 4. The van der Waals surface area contributed by atoms with E-state index in [9.17, 15) is 9.59 Å². The highest BCUT2D eigenvalue weighted by Crippen LogP contribution is 2.34. The summed E-state index contributed by atoms with van der Waals surface area (Å²) >= 11 is 0. The second-order valence-electron chi connectivity index (χ2n) is 9.51. The van der Waals surface area contributed by atoms with Gasteiger partial charge in [-0.05, 0) is 67.3 Å². The number of carbonyl (C=O) groups is 2. The normalized spacial score (nSPS) is 12.2. The van der Waals surface area contributed by atoms with Crippen molar-refractivity contribution >= 4 is 24.2 Å². The van der Waals surface area contributed by atoms with Gasteiger partial charge < -0.3 is 21.1 Å². The maximum absolute atomic E-state index is 14.5. The van der Waals surface area contributed by atoms with Crippen LogP contribution in [0.2, 0.25) is 0 Å². The van der Waals surface area contributed by atoms with Crippen LogP contribution in [0.3, 0.4) is 0 Å². The van der Waals surface area contributed by atoms with Crippen molar-refractivity contribution in [3.8, 4) is 11.5 Å². The molecule has 4 aromatic rings. The van der Waals surface area contributed by atoms with Crippen LogP contribution in [0.1, 0.15) is 48.4 Å². The molecule has 0 heterocycles. The van der Waals surface area contributed by atoms with E-state index in [0.29, 0.717) is 25.1 Å². The molecule has 2 amide bonds. The Labute approximate surface area is 242 Å². The summed E-state index contributed by atoms with van der Waals surface area (Å²) in [4.78, 5) is 29.0. The van der Waals surface area contributed by atoms with Crippen molar-refractivity contribution < 1.29 is 14.3 Å². The zero-order valence-corrected chi connectivity index (χ0v) is 23.4. The standard InChI is InChI=1S/C33H35N3O3.ClH/c1-24(25-19-21-29(22-20-25)39-28-16-9-4-10-17-28)36(30(32(35)37)18-11-23-34)33(38)31(26-12-5-2-6-13-26)27-14-7-3-8-15-27;/h2-10,12-17,19-22,24,30-31H,11,18,23,34H2,1H3,(H2,35,37);1H/t24-,30-;/m1./s1. The minimum Gasteiger partial charge on any atom is -0.457 e. The molecule has 0 aliphatic heterocycles. The number of hydrogen-bond acceptors (Lipinski definition) is 4. The van der Waals surface area contributed by atoms with Crippen molar-refractivity contribution in [2.75, 3.05) is 6.54 Å². The maximum Gasteiger partial charge on any atom is 0.240 e. The Morgan fingerprint density at radius 3 is 1.68 bits per heavy atom. The third kappa shape index (κ3) is 7.50. The van der Waals surface area contributed by atoms with Crippen LogP contribution in [-0.2, 0) is 9.59 Å². The van der Waals surface area contributed by atoms with E-state index in [1.54, 1.807) is 4.90 Å². The Kier molecular flexibility index (Phi) is 11.3. The van der Waals surface area contributed by atoms with Crippen molar-refractivity contribution in [1.29, 1.82) is 0 Å². The van der Waals surface area contributed by atoms with Gasteiger partial charge in [0, 0.05) is 0 Å². The number of amides is 2. The summed E-state index contributed by atoms with van der Waals surface area (Å²) in [6, 6.07) is 35.1. The van der Waals surface area contributed by atoms with E-state index >= 15 is 0 Å². The van der Waals surface area contributed by atoms with Gasteiger partial charge in [-0.2, -0.15) is 0 Å². The van der Waals surface area contributed by atoms with Gasteiger partial charge in [-0.15, -0.1) is 12.4 Å². The van der Waals surface area contributed by atoms with Gasteiger partial charge in [0.05, 0.1) is 12.0 Å². The summed E-state index contributed by atoms with van der Waals surface area (Å²) < 4.78 is 5.95. The van der Waals surface area contributed by atoms with E-state index in [4.69, 9.17) is 16.2 Å². The molecule has 0 aromatic heterocycles. The molecule has 208 valence electrons. The number of ether oxygens (including phenoxy) is 1. The van der Waals surface area contributed by atoms with Crippen molar-refractivity contribution in [3.63, 3.8) is 0 Å². The van der Waals surface area contributed by atoms with Crippen LogP contribution < -0.4 is 16.2 Å². The molecule has 4 aromatic carbocycles. The number of primary amides is 1. The minimum absolute atomic E-state index is 0. The summed E-state index contributed by atoms with van der Waals surface area (Å²) in [7, 11) is 0. The highest BCUT2D eigenvalue weighted by Gasteiger charge is 2.37. The summed E-state index contributed by atoms with van der Waals surface area (Å²) in [5.74, 6) is 0.0726. The van der Waals surface area contributed by atoms with Gasteiger partial charge >= 0.3 is 0 Å². The quantitative estimate of drug-likeness (QED) is 0.216. The first kappa shape index (κ1) is 30.4. The van der Waals surface area contributed by atoms with E-state index in [0.717, 1.165) is 22.4 Å². The Bertz CT molecular complexity index is 1300. The fourth-order valence-corrected chi connectivity index (χ4v) is 4.86. The topological polar surface area (TPSA) is 98.7 Å². The fraction of sp³-hybridized carbons (Fsp3) is 0.212. The zero-order valence-electron chi connectivity index (χ0n) is 22.6. The molecule has 0 bridgehead atoms. The van der Waals surface area contributed by atoms with Crippen molar-refractivity contribution in [2.24, 2.45) is 11.5 Å². The Hall–Kier alpha value is -4.13. The molecule has 0 saturated carbocycles. The molecule has 0 unspecified atom stereocenters. The Balaban J connectivity index is 0.00000441. The average Bonchev–Trinajstić information content (AvgIpc) is 2.97. The van der Waals surface area contributed by atoms with Crippen LogP contribution in [-0.4, -0.2) is 29.3 Å². The van der Waals surface area contributed by atoms with Crippen molar-refractivity contribution in [1.82, 2.24) is 4.90 Å². The van der Waals surface area contributed by atoms with E-state index in [2.05, 4.69) is 0 Å². The minimum atomic E-state index is -0.814. The summed E-state index contributed by atoms with van der Waals surface area (Å²) in [6.07, 6.45) is 0.947. The van der Waals surface area contributed by atoms with Gasteiger partial charge in [0.15, 0.2) is 0 Å². The monoisotopic (exact) mass is 557 g/mol. The summed E-state index contributed by atoms with van der Waals surface area (Å²) in [6.45, 7) is 2.32.